The molecule has 104 valence electrons. The zero-order valence-electron chi connectivity index (χ0n) is 10.8. The van der Waals surface area contributed by atoms with Gasteiger partial charge in [0.05, 0.1) is 24.1 Å². The number of nitrogens with zero attached hydrogens (tertiary/aromatic N) is 1. The van der Waals surface area contributed by atoms with Gasteiger partial charge in [-0.25, -0.2) is 9.78 Å². The van der Waals surface area contributed by atoms with Crippen molar-refractivity contribution < 1.29 is 23.8 Å². The van der Waals surface area contributed by atoms with Crippen LogP contribution < -0.4 is 10.1 Å². The number of aromatic carboxylic acids is 1. The molecule has 20 heavy (non-hydrogen) atoms. The third kappa shape index (κ3) is 2.61. The maximum atomic E-state index is 12.0. The van der Waals surface area contributed by atoms with Crippen molar-refractivity contribution in [2.75, 3.05) is 12.4 Å². The van der Waals surface area contributed by atoms with Crippen molar-refractivity contribution in [1.29, 1.82) is 0 Å². The van der Waals surface area contributed by atoms with Crippen LogP contribution in [0.3, 0.4) is 0 Å². The number of aryl methyl sites for hydroxylation is 1. The predicted molar refractivity (Wildman–Crippen MR) is 69.1 cm³/mol. The van der Waals surface area contributed by atoms with Gasteiger partial charge in [-0.05, 0) is 19.1 Å². The summed E-state index contributed by atoms with van der Waals surface area (Å²) in [5.74, 6) is -1.27. The van der Waals surface area contributed by atoms with Crippen LogP contribution in [0.4, 0.5) is 5.69 Å². The minimum atomic E-state index is -1.16. The van der Waals surface area contributed by atoms with Gasteiger partial charge in [-0.1, -0.05) is 0 Å². The molecule has 7 nitrogen and oxygen atoms in total. The Balaban J connectivity index is 2.34. The van der Waals surface area contributed by atoms with Gasteiger partial charge < -0.3 is 19.6 Å². The van der Waals surface area contributed by atoms with Crippen LogP contribution in [0, 0.1) is 6.92 Å². The zero-order chi connectivity index (χ0) is 14.7. The molecule has 0 atom stereocenters. The Kier molecular flexibility index (Phi) is 3.69. The van der Waals surface area contributed by atoms with Gasteiger partial charge in [0.15, 0.2) is 6.39 Å². The Labute approximate surface area is 114 Å². The summed E-state index contributed by atoms with van der Waals surface area (Å²) in [6.45, 7) is 1.61. The number of carbonyl (C=O) groups excluding carboxylic acids is 1. The van der Waals surface area contributed by atoms with E-state index in [2.05, 4.69) is 10.3 Å². The summed E-state index contributed by atoms with van der Waals surface area (Å²) < 4.78 is 9.96. The van der Waals surface area contributed by atoms with E-state index >= 15 is 0 Å². The lowest BCUT2D eigenvalue weighted by Crippen LogP contribution is -2.15. The Morgan fingerprint density at radius 2 is 2.15 bits per heavy atom. The lowest BCUT2D eigenvalue weighted by Gasteiger charge is -2.09. The first-order valence-electron chi connectivity index (χ1n) is 5.65. The molecule has 0 aliphatic rings. The maximum absolute atomic E-state index is 12.0. The molecule has 1 aromatic heterocycles. The second-order valence-electron chi connectivity index (χ2n) is 3.94. The van der Waals surface area contributed by atoms with E-state index in [4.69, 9.17) is 14.3 Å². The topological polar surface area (TPSA) is 102 Å². The molecule has 0 saturated heterocycles. The number of ether oxygens (including phenoxy) is 1. The highest BCUT2D eigenvalue weighted by molar-refractivity contribution is 6.06. The Morgan fingerprint density at radius 3 is 2.70 bits per heavy atom. The molecule has 0 aliphatic heterocycles. The van der Waals surface area contributed by atoms with Crippen molar-refractivity contribution in [1.82, 2.24) is 4.98 Å². The standard InChI is InChI=1S/C13H12N2O5/c1-7-11(20-6-14-7)12(16)15-10-5-8(19-2)3-4-9(10)13(17)18/h3-6H,1-2H3,(H,15,16)(H,17,18). The number of carboxylic acids is 1. The Morgan fingerprint density at radius 1 is 1.40 bits per heavy atom. The van der Waals surface area contributed by atoms with Crippen LogP contribution in [-0.2, 0) is 0 Å². The summed E-state index contributed by atoms with van der Waals surface area (Å²) in [4.78, 5) is 26.9. The van der Waals surface area contributed by atoms with E-state index in [9.17, 15) is 9.59 Å². The minimum absolute atomic E-state index is 0.0316. The average Bonchev–Trinajstić information content (AvgIpc) is 2.84. The second kappa shape index (κ2) is 5.43. The molecule has 2 aromatic rings. The number of rotatable bonds is 4. The lowest BCUT2D eigenvalue weighted by atomic mass is 10.1. The zero-order valence-corrected chi connectivity index (χ0v) is 10.8. The van der Waals surface area contributed by atoms with Crippen molar-refractivity contribution in [2.24, 2.45) is 0 Å². The minimum Gasteiger partial charge on any atom is -0.497 e. The normalized spacial score (nSPS) is 10.1. The molecular formula is C13H12N2O5. The van der Waals surface area contributed by atoms with E-state index in [0.29, 0.717) is 11.4 Å². The van der Waals surface area contributed by atoms with E-state index in [-0.39, 0.29) is 17.0 Å². The van der Waals surface area contributed by atoms with Crippen LogP contribution in [0.5, 0.6) is 5.75 Å². The Hall–Kier alpha value is -2.83. The molecule has 0 unspecified atom stereocenters. The molecule has 0 radical (unpaired) electrons. The molecule has 7 heteroatoms. The first-order valence-corrected chi connectivity index (χ1v) is 5.65. The predicted octanol–water partition coefficient (Wildman–Crippen LogP) is 1.94. The molecule has 1 heterocycles. The number of amides is 1. The van der Waals surface area contributed by atoms with E-state index in [1.54, 1.807) is 6.92 Å². The molecule has 0 bridgehead atoms. The number of anilines is 1. The van der Waals surface area contributed by atoms with Gasteiger partial charge in [-0.3, -0.25) is 4.79 Å². The second-order valence-corrected chi connectivity index (χ2v) is 3.94. The molecular weight excluding hydrogens is 264 g/mol. The summed E-state index contributed by atoms with van der Waals surface area (Å²) in [6, 6.07) is 4.27. The van der Waals surface area contributed by atoms with Gasteiger partial charge in [0, 0.05) is 6.07 Å². The van der Waals surface area contributed by atoms with Gasteiger partial charge in [0.2, 0.25) is 5.76 Å². The fourth-order valence-electron chi connectivity index (χ4n) is 1.64. The molecule has 0 spiro atoms. The number of hydrogen-bond acceptors (Lipinski definition) is 5. The molecule has 0 saturated carbocycles. The van der Waals surface area contributed by atoms with Crippen LogP contribution in [0.25, 0.3) is 0 Å². The first-order chi connectivity index (χ1) is 9.52. The summed E-state index contributed by atoms with van der Waals surface area (Å²) >= 11 is 0. The van der Waals surface area contributed by atoms with Crippen LogP contribution in [0.2, 0.25) is 0 Å². The summed E-state index contributed by atoms with van der Waals surface area (Å²) in [5, 5.41) is 11.6. The molecule has 0 aliphatic carbocycles. The number of oxazole rings is 1. The maximum Gasteiger partial charge on any atom is 0.337 e. The number of benzene rings is 1. The van der Waals surface area contributed by atoms with E-state index in [1.165, 1.54) is 25.3 Å². The summed E-state index contributed by atoms with van der Waals surface area (Å²) in [7, 11) is 1.45. The number of nitrogens with one attached hydrogen (secondary N) is 1. The van der Waals surface area contributed by atoms with Gasteiger partial charge in [0.1, 0.15) is 5.75 Å². The molecule has 2 N–H and O–H groups in total. The van der Waals surface area contributed by atoms with Crippen LogP contribution in [0.15, 0.2) is 29.0 Å². The molecule has 0 fully saturated rings. The van der Waals surface area contributed by atoms with Crippen molar-refractivity contribution in [3.05, 3.63) is 41.6 Å². The van der Waals surface area contributed by atoms with Crippen molar-refractivity contribution in [2.45, 2.75) is 6.92 Å². The Bertz CT molecular complexity index is 663. The van der Waals surface area contributed by atoms with Crippen molar-refractivity contribution in [3.63, 3.8) is 0 Å². The SMILES string of the molecule is COc1ccc(C(=O)O)c(NC(=O)c2ocnc2C)c1. The summed E-state index contributed by atoms with van der Waals surface area (Å²) in [6.07, 6.45) is 1.15. The molecule has 1 aromatic carbocycles. The highest BCUT2D eigenvalue weighted by Gasteiger charge is 2.18. The third-order valence-electron chi connectivity index (χ3n) is 2.66. The lowest BCUT2D eigenvalue weighted by molar-refractivity contribution is 0.0698. The van der Waals surface area contributed by atoms with Crippen molar-refractivity contribution in [3.8, 4) is 5.75 Å². The number of methoxy groups -OCH3 is 1. The van der Waals surface area contributed by atoms with Crippen LogP contribution in [-0.4, -0.2) is 29.1 Å². The molecule has 1 amide bonds. The third-order valence-corrected chi connectivity index (χ3v) is 2.66. The van der Waals surface area contributed by atoms with E-state index < -0.39 is 11.9 Å². The monoisotopic (exact) mass is 276 g/mol. The van der Waals surface area contributed by atoms with Gasteiger partial charge in [-0.15, -0.1) is 0 Å². The fourth-order valence-corrected chi connectivity index (χ4v) is 1.64. The van der Waals surface area contributed by atoms with Gasteiger partial charge in [0.25, 0.3) is 5.91 Å². The number of carboxylic acid groups (broad SMARTS) is 1. The van der Waals surface area contributed by atoms with Crippen molar-refractivity contribution >= 4 is 17.6 Å². The molecule has 2 rings (SSSR count). The van der Waals surface area contributed by atoms with Crippen LogP contribution in [0.1, 0.15) is 26.6 Å². The summed E-state index contributed by atoms with van der Waals surface area (Å²) in [5.41, 5.74) is 0.497. The van der Waals surface area contributed by atoms with E-state index in [0.717, 1.165) is 6.39 Å². The first kappa shape index (κ1) is 13.6. The number of hydrogen-bond donors (Lipinski definition) is 2. The highest BCUT2D eigenvalue weighted by Crippen LogP contribution is 2.23. The quantitative estimate of drug-likeness (QED) is 0.884. The van der Waals surface area contributed by atoms with E-state index in [1.807, 2.05) is 0 Å². The van der Waals surface area contributed by atoms with Gasteiger partial charge >= 0.3 is 5.97 Å². The smallest absolute Gasteiger partial charge is 0.337 e. The van der Waals surface area contributed by atoms with Crippen LogP contribution >= 0.6 is 0 Å². The highest BCUT2D eigenvalue weighted by atomic mass is 16.5. The number of carbonyl (C=O) groups is 2. The number of aromatic nitrogens is 1. The average molecular weight is 276 g/mol. The fraction of sp³-hybridized carbons (Fsp3) is 0.154. The van der Waals surface area contributed by atoms with Gasteiger partial charge in [-0.2, -0.15) is 0 Å². The largest absolute Gasteiger partial charge is 0.497 e.